The number of hydrogen-bond donors (Lipinski definition) is 0. The van der Waals surface area contributed by atoms with Crippen molar-refractivity contribution in [1.82, 2.24) is 4.90 Å². The van der Waals surface area contributed by atoms with Gasteiger partial charge in [0.1, 0.15) is 0 Å². The smallest absolute Gasteiger partial charge is 0.432 e. The highest BCUT2D eigenvalue weighted by atomic mass is 32.2. The lowest BCUT2D eigenvalue weighted by Gasteiger charge is -2.30. The van der Waals surface area contributed by atoms with Crippen molar-refractivity contribution in [2.75, 3.05) is 19.6 Å². The van der Waals surface area contributed by atoms with Crippen LogP contribution >= 0.6 is 0 Å². The number of carbonyl (C=O) groups is 1. The number of hydrogen-bond acceptors (Lipinski definition) is 6. The summed E-state index contributed by atoms with van der Waals surface area (Å²) < 4.78 is 98.6. The van der Waals surface area contributed by atoms with E-state index in [9.17, 15) is 39.7 Å². The number of esters is 1. The molecule has 1 saturated heterocycles. The summed E-state index contributed by atoms with van der Waals surface area (Å²) in [4.78, 5) is 13.3. The van der Waals surface area contributed by atoms with Gasteiger partial charge in [0.25, 0.3) is 6.10 Å². The first-order chi connectivity index (χ1) is 10.9. The van der Waals surface area contributed by atoms with Gasteiger partial charge in [-0.1, -0.05) is 6.42 Å². The quantitative estimate of drug-likeness (QED) is 0.380. The highest BCUT2D eigenvalue weighted by Crippen LogP contribution is 2.38. The molecule has 0 aromatic rings. The van der Waals surface area contributed by atoms with Crippen molar-refractivity contribution in [2.24, 2.45) is 0 Å². The molecule has 0 spiro atoms. The number of piperidine rings is 1. The average molecular weight is 382 g/mol. The maximum atomic E-state index is 13.2. The first-order valence-corrected chi connectivity index (χ1v) is 8.58. The van der Waals surface area contributed by atoms with Gasteiger partial charge in [-0.05, 0) is 38.9 Å². The monoisotopic (exact) mass is 382 g/mol. The summed E-state index contributed by atoms with van der Waals surface area (Å²) >= 11 is 0. The number of alkyl halides is 5. The van der Waals surface area contributed by atoms with E-state index in [1.54, 1.807) is 0 Å². The molecule has 0 aromatic heterocycles. The fourth-order valence-electron chi connectivity index (χ4n) is 2.28. The van der Waals surface area contributed by atoms with Crippen LogP contribution in [0.25, 0.3) is 0 Å². The predicted octanol–water partition coefficient (Wildman–Crippen LogP) is 1.86. The molecular weight excluding hydrogens is 365 g/mol. The van der Waals surface area contributed by atoms with Gasteiger partial charge >= 0.3 is 17.4 Å². The molecule has 0 saturated carbocycles. The Bertz CT molecular complexity index is 530. The first-order valence-electron chi connectivity index (χ1n) is 7.17. The van der Waals surface area contributed by atoms with Crippen LogP contribution in [-0.4, -0.2) is 61.0 Å². The zero-order valence-electron chi connectivity index (χ0n) is 12.5. The lowest BCUT2D eigenvalue weighted by molar-refractivity contribution is -0.259. The van der Waals surface area contributed by atoms with Crippen molar-refractivity contribution < 1.29 is 44.5 Å². The van der Waals surface area contributed by atoms with Gasteiger partial charge in [-0.3, -0.25) is 4.79 Å². The average Bonchev–Trinajstić information content (AvgIpc) is 2.43. The van der Waals surface area contributed by atoms with Crippen molar-refractivity contribution in [3.8, 4) is 0 Å². The zero-order valence-corrected chi connectivity index (χ0v) is 13.3. The Morgan fingerprint density at radius 3 is 2.12 bits per heavy atom. The standard InChI is InChI=1S/C12H18F5NO5S/c13-11(14,15)10(12(16,17)24(20,21)22)23-9(19)5-4-8-18-6-2-1-3-7-18/h10H,1-8H2,(H,20,21,22)/p-1. The molecule has 1 heterocycles. The number of nitrogens with zero attached hydrogens (tertiary/aromatic N) is 1. The molecule has 0 aromatic carbocycles. The summed E-state index contributed by atoms with van der Waals surface area (Å²) in [5.74, 6) is -1.64. The van der Waals surface area contributed by atoms with Crippen LogP contribution in [0, 0.1) is 0 Å². The Morgan fingerprint density at radius 2 is 1.67 bits per heavy atom. The van der Waals surface area contributed by atoms with Crippen LogP contribution in [0.5, 0.6) is 0 Å². The Kier molecular flexibility index (Phi) is 6.94. The number of rotatable bonds is 7. The van der Waals surface area contributed by atoms with Crippen LogP contribution in [0.2, 0.25) is 0 Å². The molecule has 24 heavy (non-hydrogen) atoms. The second kappa shape index (κ2) is 7.91. The van der Waals surface area contributed by atoms with Gasteiger partial charge in [0, 0.05) is 6.42 Å². The lowest BCUT2D eigenvalue weighted by Crippen LogP contribution is -2.52. The molecule has 0 N–H and O–H groups in total. The third-order valence-corrected chi connectivity index (χ3v) is 4.37. The van der Waals surface area contributed by atoms with E-state index in [2.05, 4.69) is 4.74 Å². The Labute approximate surface area is 135 Å². The molecular formula is C12H17F5NO5S-. The number of carbonyl (C=O) groups excluding carboxylic acids is 1. The molecule has 1 atom stereocenters. The lowest BCUT2D eigenvalue weighted by atomic mass is 10.1. The summed E-state index contributed by atoms with van der Waals surface area (Å²) in [6.07, 6.45) is -7.79. The molecule has 0 aliphatic carbocycles. The van der Waals surface area contributed by atoms with Gasteiger partial charge in [-0.15, -0.1) is 0 Å². The topological polar surface area (TPSA) is 86.7 Å². The predicted molar refractivity (Wildman–Crippen MR) is 70.1 cm³/mol. The minimum atomic E-state index is -6.66. The van der Waals surface area contributed by atoms with E-state index in [0.717, 1.165) is 32.4 Å². The molecule has 1 fully saturated rings. The minimum Gasteiger partial charge on any atom is -0.743 e. The largest absolute Gasteiger partial charge is 0.743 e. The summed E-state index contributed by atoms with van der Waals surface area (Å²) in [6.45, 7) is 1.92. The van der Waals surface area contributed by atoms with Crippen LogP contribution in [0.4, 0.5) is 22.0 Å². The fourth-order valence-corrected chi connectivity index (χ4v) is 2.72. The number of ether oxygens (including phenoxy) is 1. The van der Waals surface area contributed by atoms with E-state index in [1.165, 1.54) is 0 Å². The van der Waals surface area contributed by atoms with Crippen LogP contribution in [0.15, 0.2) is 0 Å². The maximum Gasteiger partial charge on any atom is 0.432 e. The SMILES string of the molecule is O=C(CCCN1CCCCC1)OC(C(F)(F)F)C(F)(F)S(=O)(=O)[O-]. The van der Waals surface area contributed by atoms with Crippen LogP contribution in [0.3, 0.4) is 0 Å². The van der Waals surface area contributed by atoms with E-state index >= 15 is 0 Å². The van der Waals surface area contributed by atoms with E-state index < -0.39 is 40.0 Å². The molecule has 0 radical (unpaired) electrons. The zero-order chi connectivity index (χ0) is 18.6. The molecule has 6 nitrogen and oxygen atoms in total. The summed E-state index contributed by atoms with van der Waals surface area (Å²) in [5.41, 5.74) is 0. The highest BCUT2D eigenvalue weighted by molar-refractivity contribution is 7.86. The Hall–Kier alpha value is -1.01. The summed E-state index contributed by atoms with van der Waals surface area (Å²) in [5, 5.41) is -5.80. The molecule has 1 aliphatic heterocycles. The fraction of sp³-hybridized carbons (Fsp3) is 0.917. The highest BCUT2D eigenvalue weighted by Gasteiger charge is 2.62. The maximum absolute atomic E-state index is 13.2. The molecule has 142 valence electrons. The second-order valence-corrected chi connectivity index (χ2v) is 6.89. The van der Waals surface area contributed by atoms with Crippen molar-refractivity contribution in [3.05, 3.63) is 0 Å². The van der Waals surface area contributed by atoms with Gasteiger partial charge in [-0.2, -0.15) is 22.0 Å². The van der Waals surface area contributed by atoms with Crippen molar-refractivity contribution in [2.45, 2.75) is 49.6 Å². The second-order valence-electron chi connectivity index (χ2n) is 5.43. The first kappa shape index (κ1) is 21.0. The van der Waals surface area contributed by atoms with E-state index in [4.69, 9.17) is 0 Å². The molecule has 0 amide bonds. The van der Waals surface area contributed by atoms with Crippen LogP contribution in [0.1, 0.15) is 32.1 Å². The molecule has 1 aliphatic rings. The van der Waals surface area contributed by atoms with Gasteiger partial charge in [0.05, 0.1) is 0 Å². The van der Waals surface area contributed by atoms with E-state index in [0.29, 0.717) is 6.54 Å². The molecule has 1 unspecified atom stereocenters. The van der Waals surface area contributed by atoms with Crippen LogP contribution < -0.4 is 0 Å². The number of halogens is 5. The molecule has 12 heteroatoms. The van der Waals surface area contributed by atoms with Crippen molar-refractivity contribution >= 4 is 16.1 Å². The van der Waals surface area contributed by atoms with E-state index in [1.807, 2.05) is 4.90 Å². The van der Waals surface area contributed by atoms with Gasteiger partial charge < -0.3 is 14.2 Å². The van der Waals surface area contributed by atoms with Crippen molar-refractivity contribution in [1.29, 1.82) is 0 Å². The van der Waals surface area contributed by atoms with Crippen LogP contribution in [-0.2, 0) is 19.6 Å². The summed E-state index contributed by atoms with van der Waals surface area (Å²) in [6, 6.07) is 0. The normalized spacial score (nSPS) is 19.1. The molecule has 0 bridgehead atoms. The van der Waals surface area contributed by atoms with Gasteiger partial charge in [-0.25, -0.2) is 8.42 Å². The third kappa shape index (κ3) is 5.81. The van der Waals surface area contributed by atoms with Crippen molar-refractivity contribution in [3.63, 3.8) is 0 Å². The Balaban J connectivity index is 2.62. The van der Waals surface area contributed by atoms with Gasteiger partial charge in [0.15, 0.2) is 10.1 Å². The molecule has 1 rings (SSSR count). The Morgan fingerprint density at radius 1 is 1.12 bits per heavy atom. The van der Waals surface area contributed by atoms with E-state index in [-0.39, 0.29) is 6.42 Å². The number of likely N-dealkylation sites (tertiary alicyclic amines) is 1. The third-order valence-electron chi connectivity index (χ3n) is 3.49. The van der Waals surface area contributed by atoms with Gasteiger partial charge in [0.2, 0.25) is 0 Å². The summed E-state index contributed by atoms with van der Waals surface area (Å²) in [7, 11) is -6.66. The minimum absolute atomic E-state index is 0.0686.